The molecule has 0 saturated heterocycles. The van der Waals surface area contributed by atoms with E-state index in [9.17, 15) is 9.90 Å². The number of carbonyl (C=O) groups is 1. The summed E-state index contributed by atoms with van der Waals surface area (Å²) >= 11 is 5.84. The van der Waals surface area contributed by atoms with E-state index in [1.165, 1.54) is 6.20 Å². The molecule has 1 unspecified atom stereocenters. The second-order valence-corrected chi connectivity index (χ2v) is 5.06. The Morgan fingerprint density at radius 2 is 2.35 bits per heavy atom. The zero-order chi connectivity index (χ0) is 14.8. The molecule has 0 saturated carbocycles. The lowest BCUT2D eigenvalue weighted by atomic mass is 9.99. The quantitative estimate of drug-likeness (QED) is 0.828. The molecule has 20 heavy (non-hydrogen) atoms. The predicted molar refractivity (Wildman–Crippen MR) is 74.4 cm³/mol. The van der Waals surface area contributed by atoms with E-state index in [1.54, 1.807) is 43.2 Å². The van der Waals surface area contributed by atoms with Crippen molar-refractivity contribution >= 4 is 17.5 Å². The second kappa shape index (κ2) is 5.60. The van der Waals surface area contributed by atoms with E-state index in [4.69, 9.17) is 11.6 Å². The van der Waals surface area contributed by atoms with Gasteiger partial charge < -0.3 is 10.4 Å². The van der Waals surface area contributed by atoms with E-state index in [-0.39, 0.29) is 23.2 Å². The number of pyridine rings is 1. The molecule has 2 aromatic heterocycles. The maximum Gasteiger partial charge on any atom is 0.254 e. The van der Waals surface area contributed by atoms with Crippen molar-refractivity contribution < 1.29 is 9.90 Å². The standard InChI is InChI=1S/C13H15ClN4O2/c1-13(20,9-6-17-18(2)7-9)8-16-12(19)10-4-3-5-15-11(10)14/h3-7,20H,8H2,1-2H3,(H,16,19). The Labute approximate surface area is 121 Å². The van der Waals surface area contributed by atoms with E-state index >= 15 is 0 Å². The van der Waals surface area contributed by atoms with Gasteiger partial charge in [0.2, 0.25) is 0 Å². The van der Waals surface area contributed by atoms with Crippen LogP contribution in [-0.2, 0) is 12.6 Å². The maximum absolute atomic E-state index is 12.0. The molecule has 0 radical (unpaired) electrons. The van der Waals surface area contributed by atoms with Crippen molar-refractivity contribution in [1.29, 1.82) is 0 Å². The fraction of sp³-hybridized carbons (Fsp3) is 0.308. The van der Waals surface area contributed by atoms with Crippen LogP contribution in [0.4, 0.5) is 0 Å². The third kappa shape index (κ3) is 3.15. The van der Waals surface area contributed by atoms with Gasteiger partial charge >= 0.3 is 0 Å². The van der Waals surface area contributed by atoms with Crippen LogP contribution in [0.5, 0.6) is 0 Å². The van der Waals surface area contributed by atoms with Gasteiger partial charge in [0.25, 0.3) is 5.91 Å². The van der Waals surface area contributed by atoms with Crippen LogP contribution in [0.3, 0.4) is 0 Å². The molecule has 0 aliphatic rings. The molecule has 2 aromatic rings. The van der Waals surface area contributed by atoms with Crippen molar-refractivity contribution in [3.8, 4) is 0 Å². The van der Waals surface area contributed by atoms with E-state index in [0.29, 0.717) is 5.56 Å². The van der Waals surface area contributed by atoms with Crippen molar-refractivity contribution in [2.75, 3.05) is 6.54 Å². The minimum atomic E-state index is -1.21. The number of halogens is 1. The van der Waals surface area contributed by atoms with Gasteiger partial charge in [-0.15, -0.1) is 0 Å². The lowest BCUT2D eigenvalue weighted by Crippen LogP contribution is -2.38. The molecule has 0 aromatic carbocycles. The van der Waals surface area contributed by atoms with Crippen LogP contribution >= 0.6 is 11.6 Å². The molecule has 1 atom stereocenters. The van der Waals surface area contributed by atoms with Crippen LogP contribution in [0, 0.1) is 0 Å². The lowest BCUT2D eigenvalue weighted by molar-refractivity contribution is 0.0526. The van der Waals surface area contributed by atoms with Crippen LogP contribution in [0.15, 0.2) is 30.7 Å². The molecule has 2 N–H and O–H groups in total. The molecule has 2 heterocycles. The average Bonchev–Trinajstić information content (AvgIpc) is 2.84. The smallest absolute Gasteiger partial charge is 0.254 e. The van der Waals surface area contributed by atoms with Crippen molar-refractivity contribution in [2.45, 2.75) is 12.5 Å². The Morgan fingerprint density at radius 1 is 1.60 bits per heavy atom. The summed E-state index contributed by atoms with van der Waals surface area (Å²) < 4.78 is 1.59. The fourth-order valence-corrected chi connectivity index (χ4v) is 1.91. The topological polar surface area (TPSA) is 80.0 Å². The average molecular weight is 295 g/mol. The summed E-state index contributed by atoms with van der Waals surface area (Å²) in [5.41, 5.74) is -0.313. The van der Waals surface area contributed by atoms with Crippen molar-refractivity contribution in [1.82, 2.24) is 20.1 Å². The van der Waals surface area contributed by atoms with Crippen LogP contribution in [0.25, 0.3) is 0 Å². The van der Waals surface area contributed by atoms with Crippen molar-refractivity contribution in [2.24, 2.45) is 7.05 Å². The Bertz CT molecular complexity index is 624. The number of hydrogen-bond donors (Lipinski definition) is 2. The van der Waals surface area contributed by atoms with E-state index in [1.807, 2.05) is 0 Å². The number of aliphatic hydroxyl groups is 1. The number of amides is 1. The van der Waals surface area contributed by atoms with Crippen molar-refractivity contribution in [3.05, 3.63) is 47.0 Å². The van der Waals surface area contributed by atoms with Crippen LogP contribution in [-0.4, -0.2) is 32.3 Å². The SMILES string of the molecule is Cn1cc(C(C)(O)CNC(=O)c2cccnc2Cl)cn1. The number of hydrogen-bond acceptors (Lipinski definition) is 4. The first-order chi connectivity index (χ1) is 9.40. The highest BCUT2D eigenvalue weighted by Crippen LogP contribution is 2.19. The number of rotatable bonds is 4. The molecular formula is C13H15ClN4O2. The zero-order valence-corrected chi connectivity index (χ0v) is 11.9. The molecule has 0 bridgehead atoms. The number of aromatic nitrogens is 3. The van der Waals surface area contributed by atoms with Gasteiger partial charge in [-0.25, -0.2) is 4.98 Å². The molecule has 0 aliphatic heterocycles. The summed E-state index contributed by atoms with van der Waals surface area (Å²) in [4.78, 5) is 15.8. The Hall–Kier alpha value is -1.92. The number of nitrogens with one attached hydrogen (secondary N) is 1. The third-order valence-corrected chi connectivity index (χ3v) is 3.22. The monoisotopic (exact) mass is 294 g/mol. The first-order valence-electron chi connectivity index (χ1n) is 6.00. The molecule has 7 heteroatoms. The number of nitrogens with zero attached hydrogens (tertiary/aromatic N) is 3. The molecule has 2 rings (SSSR count). The molecule has 106 valence electrons. The summed E-state index contributed by atoms with van der Waals surface area (Å²) in [5.74, 6) is -0.382. The summed E-state index contributed by atoms with van der Waals surface area (Å²) in [6.45, 7) is 1.65. The minimum Gasteiger partial charge on any atom is -0.383 e. The number of aryl methyl sites for hydroxylation is 1. The lowest BCUT2D eigenvalue weighted by Gasteiger charge is -2.22. The highest BCUT2D eigenvalue weighted by molar-refractivity contribution is 6.32. The Kier molecular flexibility index (Phi) is 4.06. The van der Waals surface area contributed by atoms with Crippen LogP contribution in [0.2, 0.25) is 5.15 Å². The summed E-state index contributed by atoms with van der Waals surface area (Å²) in [6, 6.07) is 3.20. The van der Waals surface area contributed by atoms with Gasteiger partial charge in [0.15, 0.2) is 0 Å². The van der Waals surface area contributed by atoms with Gasteiger partial charge in [0.05, 0.1) is 18.3 Å². The Morgan fingerprint density at radius 3 is 2.95 bits per heavy atom. The summed E-state index contributed by atoms with van der Waals surface area (Å²) in [6.07, 6.45) is 4.76. The van der Waals surface area contributed by atoms with Gasteiger partial charge in [0, 0.05) is 25.0 Å². The molecule has 1 amide bonds. The first-order valence-corrected chi connectivity index (χ1v) is 6.38. The predicted octanol–water partition coefficient (Wildman–Crippen LogP) is 1.11. The second-order valence-electron chi connectivity index (χ2n) is 4.70. The van der Waals surface area contributed by atoms with Gasteiger partial charge in [-0.1, -0.05) is 11.6 Å². The highest BCUT2D eigenvalue weighted by atomic mass is 35.5. The van der Waals surface area contributed by atoms with Gasteiger partial charge in [0.1, 0.15) is 10.8 Å². The van der Waals surface area contributed by atoms with E-state index < -0.39 is 5.60 Å². The first kappa shape index (κ1) is 14.5. The normalized spacial score (nSPS) is 13.8. The van der Waals surface area contributed by atoms with E-state index in [0.717, 1.165) is 0 Å². The minimum absolute atomic E-state index is 0.0444. The van der Waals surface area contributed by atoms with Crippen LogP contribution < -0.4 is 5.32 Å². The molecule has 6 nitrogen and oxygen atoms in total. The fourth-order valence-electron chi connectivity index (χ4n) is 1.70. The molecular weight excluding hydrogens is 280 g/mol. The van der Waals surface area contributed by atoms with E-state index in [2.05, 4.69) is 15.4 Å². The molecule has 0 aliphatic carbocycles. The molecule has 0 fully saturated rings. The van der Waals surface area contributed by atoms with Crippen molar-refractivity contribution in [3.63, 3.8) is 0 Å². The number of carbonyl (C=O) groups excluding carboxylic acids is 1. The van der Waals surface area contributed by atoms with Gasteiger partial charge in [-0.2, -0.15) is 5.10 Å². The van der Waals surface area contributed by atoms with Crippen LogP contribution in [0.1, 0.15) is 22.8 Å². The molecule has 0 spiro atoms. The van der Waals surface area contributed by atoms with Gasteiger partial charge in [-0.3, -0.25) is 9.48 Å². The van der Waals surface area contributed by atoms with Gasteiger partial charge in [-0.05, 0) is 19.1 Å². The maximum atomic E-state index is 12.0. The third-order valence-electron chi connectivity index (χ3n) is 2.92. The Balaban J connectivity index is 2.05. The summed E-state index contributed by atoms with van der Waals surface area (Å²) in [7, 11) is 1.76. The highest BCUT2D eigenvalue weighted by Gasteiger charge is 2.26. The summed E-state index contributed by atoms with van der Waals surface area (Å²) in [5, 5.41) is 17.1. The zero-order valence-electron chi connectivity index (χ0n) is 11.2. The largest absolute Gasteiger partial charge is 0.383 e.